The van der Waals surface area contributed by atoms with Crippen LogP contribution in [0.1, 0.15) is 59.2 Å². The number of hydrogen-bond acceptors (Lipinski definition) is 4. The fourth-order valence-corrected chi connectivity index (χ4v) is 3.84. The predicted octanol–water partition coefficient (Wildman–Crippen LogP) is 3.51. The minimum Gasteiger partial charge on any atom is -0.478 e. The maximum absolute atomic E-state index is 13.1. The van der Waals surface area contributed by atoms with Crippen LogP contribution in [0.2, 0.25) is 0 Å². The minimum absolute atomic E-state index is 0.163. The summed E-state index contributed by atoms with van der Waals surface area (Å²) in [5.41, 5.74) is 3.11. The largest absolute Gasteiger partial charge is 0.478 e. The van der Waals surface area contributed by atoms with E-state index in [0.29, 0.717) is 17.7 Å². The van der Waals surface area contributed by atoms with E-state index in [-0.39, 0.29) is 11.5 Å². The second kappa shape index (κ2) is 9.24. The number of anilines is 1. The third-order valence-corrected chi connectivity index (χ3v) is 5.27. The van der Waals surface area contributed by atoms with Crippen LogP contribution < -0.4 is 10.2 Å². The number of benzene rings is 2. The fraction of sp³-hybridized carbons (Fsp3) is 0.348. The molecule has 29 heavy (non-hydrogen) atoms. The highest BCUT2D eigenvalue weighted by atomic mass is 16.4. The third kappa shape index (κ3) is 4.57. The maximum atomic E-state index is 13.1. The van der Waals surface area contributed by atoms with Crippen LogP contribution >= 0.6 is 0 Å². The van der Waals surface area contributed by atoms with E-state index in [2.05, 4.69) is 16.3 Å². The van der Waals surface area contributed by atoms with Gasteiger partial charge in [0.25, 0.3) is 0 Å². The minimum atomic E-state index is -1.01. The number of likely N-dealkylation sites (N-methyl/N-ethyl adjacent to an activating group) is 1. The molecule has 150 valence electrons. The molecule has 3 rings (SSSR count). The highest BCUT2D eigenvalue weighted by molar-refractivity contribution is 5.91. The molecule has 2 N–H and O–H groups in total. The summed E-state index contributed by atoms with van der Waals surface area (Å²) in [7, 11) is 0. The number of amides is 1. The molecular weight excluding hydrogens is 366 g/mol. The first kappa shape index (κ1) is 20.4. The summed E-state index contributed by atoms with van der Waals surface area (Å²) >= 11 is 0. The zero-order valence-electron chi connectivity index (χ0n) is 16.5. The topological polar surface area (TPSA) is 93.4 Å². The molecule has 0 radical (unpaired) electrons. The van der Waals surface area contributed by atoms with Crippen LogP contribution in [0.15, 0.2) is 42.5 Å². The molecule has 0 bridgehead atoms. The Balaban J connectivity index is 2.12. The molecule has 2 aromatic carbocycles. The molecule has 2 aromatic rings. The Morgan fingerprint density at radius 1 is 1.14 bits per heavy atom. The lowest BCUT2D eigenvalue weighted by Crippen LogP contribution is -2.34. The Morgan fingerprint density at radius 3 is 2.41 bits per heavy atom. The molecule has 1 aliphatic rings. The molecule has 0 spiro atoms. The first-order valence-corrected chi connectivity index (χ1v) is 9.95. The van der Waals surface area contributed by atoms with E-state index < -0.39 is 11.9 Å². The van der Waals surface area contributed by atoms with Gasteiger partial charge in [0.05, 0.1) is 23.1 Å². The van der Waals surface area contributed by atoms with Crippen molar-refractivity contribution in [1.82, 2.24) is 5.32 Å². The molecule has 0 aliphatic carbocycles. The van der Waals surface area contributed by atoms with Crippen molar-refractivity contribution >= 4 is 17.6 Å². The van der Waals surface area contributed by atoms with Gasteiger partial charge in [0.1, 0.15) is 0 Å². The van der Waals surface area contributed by atoms with Gasteiger partial charge in [-0.05, 0) is 67.6 Å². The number of carboxylic acids is 1. The average Bonchev–Trinajstić information content (AvgIpc) is 2.75. The number of aromatic carboxylic acids is 1. The van der Waals surface area contributed by atoms with Gasteiger partial charge in [-0.15, -0.1) is 0 Å². The van der Waals surface area contributed by atoms with Gasteiger partial charge in [0, 0.05) is 25.3 Å². The zero-order valence-corrected chi connectivity index (χ0v) is 16.5. The zero-order chi connectivity index (χ0) is 20.8. The number of carbonyl (C=O) groups is 2. The second-order valence-electron chi connectivity index (χ2n) is 7.19. The van der Waals surface area contributed by atoms with Gasteiger partial charge in [-0.25, -0.2) is 4.79 Å². The molecule has 0 saturated carbocycles. The van der Waals surface area contributed by atoms with E-state index in [1.165, 1.54) is 18.6 Å². The van der Waals surface area contributed by atoms with E-state index in [4.69, 9.17) is 0 Å². The summed E-state index contributed by atoms with van der Waals surface area (Å²) in [5.74, 6) is -1.79. The standard InChI is InChI=1S/C23H25N3O3/c1-2-25-22(27)21(17-7-9-18(10-8-17)23(28)29)19-14-16(15-24)6-11-20(19)26-12-4-3-5-13-26/h6-11,14,21H,2-5,12-13H2,1H3,(H,25,27)(H,28,29). The lowest BCUT2D eigenvalue weighted by Gasteiger charge is -2.32. The molecule has 6 heteroatoms. The number of nitriles is 1. The van der Waals surface area contributed by atoms with Crippen LogP contribution in [0.25, 0.3) is 0 Å². The first-order chi connectivity index (χ1) is 14.0. The number of carboxylic acid groups (broad SMARTS) is 1. The van der Waals surface area contributed by atoms with E-state index in [9.17, 15) is 20.0 Å². The number of nitrogens with zero attached hydrogens (tertiary/aromatic N) is 2. The molecule has 1 aliphatic heterocycles. The van der Waals surface area contributed by atoms with Crippen LogP contribution in [-0.4, -0.2) is 36.6 Å². The Kier molecular flexibility index (Phi) is 6.50. The maximum Gasteiger partial charge on any atom is 0.335 e. The van der Waals surface area contributed by atoms with Gasteiger partial charge in [-0.3, -0.25) is 4.79 Å². The highest BCUT2D eigenvalue weighted by Crippen LogP contribution is 2.35. The number of nitrogens with one attached hydrogen (secondary N) is 1. The summed E-state index contributed by atoms with van der Waals surface area (Å²) in [4.78, 5) is 26.6. The summed E-state index contributed by atoms with van der Waals surface area (Å²) in [5, 5.41) is 21.5. The van der Waals surface area contributed by atoms with Crippen molar-refractivity contribution in [2.24, 2.45) is 0 Å². The predicted molar refractivity (Wildman–Crippen MR) is 111 cm³/mol. The van der Waals surface area contributed by atoms with Crippen molar-refractivity contribution < 1.29 is 14.7 Å². The van der Waals surface area contributed by atoms with Gasteiger partial charge in [0.2, 0.25) is 5.91 Å². The van der Waals surface area contributed by atoms with Gasteiger partial charge >= 0.3 is 5.97 Å². The number of carbonyl (C=O) groups excluding carboxylic acids is 1. The lowest BCUT2D eigenvalue weighted by molar-refractivity contribution is -0.121. The second-order valence-corrected chi connectivity index (χ2v) is 7.19. The first-order valence-electron chi connectivity index (χ1n) is 9.95. The Hall–Kier alpha value is -3.33. The average molecular weight is 391 g/mol. The molecular formula is C23H25N3O3. The van der Waals surface area contributed by atoms with Gasteiger partial charge in [0.15, 0.2) is 0 Å². The third-order valence-electron chi connectivity index (χ3n) is 5.27. The smallest absolute Gasteiger partial charge is 0.335 e. The van der Waals surface area contributed by atoms with Gasteiger partial charge < -0.3 is 15.3 Å². The van der Waals surface area contributed by atoms with Gasteiger partial charge in [-0.1, -0.05) is 12.1 Å². The van der Waals surface area contributed by atoms with Crippen molar-refractivity contribution in [2.75, 3.05) is 24.5 Å². The van der Waals surface area contributed by atoms with Crippen LogP contribution in [0.5, 0.6) is 0 Å². The van der Waals surface area contributed by atoms with Crippen molar-refractivity contribution in [3.63, 3.8) is 0 Å². The molecule has 1 atom stereocenters. The summed E-state index contributed by atoms with van der Waals surface area (Å²) in [6.45, 7) is 4.18. The SMILES string of the molecule is CCNC(=O)C(c1ccc(C(=O)O)cc1)c1cc(C#N)ccc1N1CCCCC1. The molecule has 1 heterocycles. The molecule has 1 unspecified atom stereocenters. The number of rotatable bonds is 6. The van der Waals surface area contributed by atoms with Gasteiger partial charge in [-0.2, -0.15) is 5.26 Å². The van der Waals surface area contributed by atoms with Crippen LogP contribution in [0.3, 0.4) is 0 Å². The summed E-state index contributed by atoms with van der Waals surface area (Å²) in [6.07, 6.45) is 3.38. The molecule has 1 fully saturated rings. The van der Waals surface area contributed by atoms with E-state index in [1.54, 1.807) is 24.3 Å². The van der Waals surface area contributed by atoms with E-state index >= 15 is 0 Å². The summed E-state index contributed by atoms with van der Waals surface area (Å²) < 4.78 is 0. The van der Waals surface area contributed by atoms with Crippen molar-refractivity contribution in [2.45, 2.75) is 32.1 Å². The fourth-order valence-electron chi connectivity index (χ4n) is 3.84. The van der Waals surface area contributed by atoms with Crippen LogP contribution in [0, 0.1) is 11.3 Å². The van der Waals surface area contributed by atoms with Crippen LogP contribution in [0.4, 0.5) is 5.69 Å². The van der Waals surface area contributed by atoms with E-state index in [1.807, 2.05) is 13.0 Å². The normalized spacial score (nSPS) is 14.7. The van der Waals surface area contributed by atoms with Crippen LogP contribution in [-0.2, 0) is 4.79 Å². The van der Waals surface area contributed by atoms with Crippen molar-refractivity contribution in [3.8, 4) is 6.07 Å². The molecule has 6 nitrogen and oxygen atoms in total. The number of hydrogen-bond donors (Lipinski definition) is 2. The van der Waals surface area contributed by atoms with Crippen molar-refractivity contribution in [3.05, 3.63) is 64.7 Å². The lowest BCUT2D eigenvalue weighted by atomic mass is 9.87. The Morgan fingerprint density at radius 2 is 1.83 bits per heavy atom. The Labute approximate surface area is 170 Å². The van der Waals surface area contributed by atoms with Crippen molar-refractivity contribution in [1.29, 1.82) is 5.26 Å². The highest BCUT2D eigenvalue weighted by Gasteiger charge is 2.28. The van der Waals surface area contributed by atoms with E-state index in [0.717, 1.165) is 37.2 Å². The monoisotopic (exact) mass is 391 g/mol. The number of piperidine rings is 1. The molecule has 0 aromatic heterocycles. The quantitative estimate of drug-likeness (QED) is 0.786. The molecule has 1 amide bonds. The summed E-state index contributed by atoms with van der Waals surface area (Å²) in [6, 6.07) is 14.1. The Bertz CT molecular complexity index is 925. The molecule has 1 saturated heterocycles.